The van der Waals surface area contributed by atoms with Crippen molar-refractivity contribution in [2.45, 2.75) is 31.5 Å². The molecule has 154 valence electrons. The number of hydrogen-bond acceptors (Lipinski definition) is 6. The van der Waals surface area contributed by atoms with E-state index in [9.17, 15) is 4.79 Å². The van der Waals surface area contributed by atoms with Gasteiger partial charge in [-0.25, -0.2) is 14.5 Å². The molecule has 9 heteroatoms. The van der Waals surface area contributed by atoms with E-state index in [0.717, 1.165) is 28.3 Å². The molecule has 30 heavy (non-hydrogen) atoms. The van der Waals surface area contributed by atoms with Gasteiger partial charge in [-0.05, 0) is 25.7 Å². The van der Waals surface area contributed by atoms with Gasteiger partial charge in [-0.3, -0.25) is 4.79 Å². The van der Waals surface area contributed by atoms with Crippen molar-refractivity contribution in [3.8, 4) is 0 Å². The molecule has 1 aromatic carbocycles. The number of nitrogens with zero attached hydrogens (tertiary/aromatic N) is 6. The van der Waals surface area contributed by atoms with Crippen LogP contribution in [0, 0.1) is 13.8 Å². The third kappa shape index (κ3) is 3.80. The lowest BCUT2D eigenvalue weighted by atomic mass is 10.0. The Bertz CT molecular complexity index is 1200. The molecule has 0 aliphatic carbocycles. The van der Waals surface area contributed by atoms with E-state index in [4.69, 9.17) is 0 Å². The number of rotatable bonds is 6. The first-order valence-corrected chi connectivity index (χ1v) is 10.8. The summed E-state index contributed by atoms with van der Waals surface area (Å²) in [5.74, 6) is 1.22. The molecule has 3 aromatic heterocycles. The number of aryl methyl sites for hydroxylation is 3. The van der Waals surface area contributed by atoms with E-state index in [2.05, 4.69) is 25.4 Å². The predicted octanol–water partition coefficient (Wildman–Crippen LogP) is 2.64. The molecule has 0 radical (unpaired) electrons. The molecule has 4 aromatic rings. The molecular weight excluding hydrogens is 398 g/mol. The molecule has 8 nitrogen and oxygen atoms in total. The maximum Gasteiger partial charge on any atom is 0.253 e. The van der Waals surface area contributed by atoms with Gasteiger partial charge < -0.3 is 9.88 Å². The molecule has 0 saturated heterocycles. The fourth-order valence-corrected chi connectivity index (χ4v) is 3.84. The van der Waals surface area contributed by atoms with Gasteiger partial charge in [-0.1, -0.05) is 42.1 Å². The van der Waals surface area contributed by atoms with E-state index in [1.54, 1.807) is 10.7 Å². The number of amides is 1. The van der Waals surface area contributed by atoms with Crippen LogP contribution in [-0.2, 0) is 18.3 Å². The highest BCUT2D eigenvalue weighted by Crippen LogP contribution is 2.21. The molecular formula is C21H23N7OS. The van der Waals surface area contributed by atoms with Gasteiger partial charge in [0.05, 0.1) is 6.42 Å². The first kappa shape index (κ1) is 20.1. The highest BCUT2D eigenvalue weighted by atomic mass is 32.2. The minimum atomic E-state index is -0.342. The molecule has 0 fully saturated rings. The predicted molar refractivity (Wildman–Crippen MR) is 115 cm³/mol. The number of nitrogens with one attached hydrogen (secondary N) is 1. The monoisotopic (exact) mass is 421 g/mol. The summed E-state index contributed by atoms with van der Waals surface area (Å²) in [5, 5.41) is 8.26. The first-order valence-electron chi connectivity index (χ1n) is 9.56. The minimum Gasteiger partial charge on any atom is -0.342 e. The summed E-state index contributed by atoms with van der Waals surface area (Å²) >= 11 is 1.46. The van der Waals surface area contributed by atoms with E-state index < -0.39 is 0 Å². The highest BCUT2D eigenvalue weighted by molar-refractivity contribution is 7.98. The van der Waals surface area contributed by atoms with Crippen LogP contribution in [0.4, 0.5) is 0 Å². The van der Waals surface area contributed by atoms with Crippen molar-refractivity contribution >= 4 is 23.4 Å². The van der Waals surface area contributed by atoms with Crippen molar-refractivity contribution in [1.82, 2.24) is 34.4 Å². The first-order chi connectivity index (χ1) is 14.5. The molecule has 0 spiro atoms. The van der Waals surface area contributed by atoms with Crippen molar-refractivity contribution in [2.24, 2.45) is 7.05 Å². The van der Waals surface area contributed by atoms with E-state index in [1.807, 2.05) is 68.2 Å². The van der Waals surface area contributed by atoms with Crippen LogP contribution in [0.2, 0.25) is 0 Å². The molecule has 0 bridgehead atoms. The summed E-state index contributed by atoms with van der Waals surface area (Å²) in [6.07, 6.45) is 5.73. The zero-order valence-corrected chi connectivity index (χ0v) is 18.1. The van der Waals surface area contributed by atoms with Crippen molar-refractivity contribution in [3.05, 3.63) is 71.1 Å². The molecule has 0 saturated carbocycles. The Morgan fingerprint density at radius 2 is 1.97 bits per heavy atom. The van der Waals surface area contributed by atoms with E-state index in [1.165, 1.54) is 11.8 Å². The van der Waals surface area contributed by atoms with Gasteiger partial charge in [-0.2, -0.15) is 4.98 Å². The molecule has 0 unspecified atom stereocenters. The molecule has 3 heterocycles. The van der Waals surface area contributed by atoms with Gasteiger partial charge in [0.25, 0.3) is 5.78 Å². The zero-order chi connectivity index (χ0) is 21.3. The Labute approximate surface area is 178 Å². The number of fused-ring (bicyclic) bond motifs is 1. The van der Waals surface area contributed by atoms with Gasteiger partial charge in [-0.15, -0.1) is 5.10 Å². The Morgan fingerprint density at radius 1 is 1.20 bits per heavy atom. The number of thioether (sulfide) groups is 1. The lowest BCUT2D eigenvalue weighted by Crippen LogP contribution is -2.32. The third-order valence-corrected chi connectivity index (χ3v) is 5.64. The number of benzene rings is 1. The van der Waals surface area contributed by atoms with E-state index in [0.29, 0.717) is 10.9 Å². The Kier molecular flexibility index (Phi) is 5.54. The van der Waals surface area contributed by atoms with Crippen LogP contribution in [0.25, 0.3) is 5.78 Å². The maximum absolute atomic E-state index is 13.1. The van der Waals surface area contributed by atoms with Crippen molar-refractivity contribution < 1.29 is 4.79 Å². The standard InChI is InChI=1S/C21H23N7OS/c1-13-16(14(2)28-20(23-13)25-21(26-28)30-4)12-17(29)24-18(15-8-6-5-7-9-15)19-22-10-11-27(19)3/h5-11,18H,12H2,1-4H3,(H,24,29)/t18-/m0/s1. The van der Waals surface area contributed by atoms with Gasteiger partial charge in [0.1, 0.15) is 11.9 Å². The number of aromatic nitrogens is 6. The minimum absolute atomic E-state index is 0.107. The Morgan fingerprint density at radius 3 is 2.63 bits per heavy atom. The van der Waals surface area contributed by atoms with Gasteiger partial charge >= 0.3 is 0 Å². The van der Waals surface area contributed by atoms with Crippen LogP contribution in [0.1, 0.15) is 34.4 Å². The summed E-state index contributed by atoms with van der Waals surface area (Å²) in [5.41, 5.74) is 3.48. The molecule has 0 aliphatic rings. The van der Waals surface area contributed by atoms with Crippen LogP contribution < -0.4 is 5.32 Å². The molecule has 0 aliphatic heterocycles. The van der Waals surface area contributed by atoms with E-state index >= 15 is 0 Å². The van der Waals surface area contributed by atoms with E-state index in [-0.39, 0.29) is 18.4 Å². The van der Waals surface area contributed by atoms with Crippen molar-refractivity contribution in [1.29, 1.82) is 0 Å². The van der Waals surface area contributed by atoms with Crippen molar-refractivity contribution in [2.75, 3.05) is 6.26 Å². The Balaban J connectivity index is 1.64. The summed E-state index contributed by atoms with van der Waals surface area (Å²) in [7, 11) is 1.92. The van der Waals surface area contributed by atoms with Gasteiger partial charge in [0, 0.05) is 36.4 Å². The van der Waals surface area contributed by atoms with Crippen LogP contribution in [0.5, 0.6) is 0 Å². The number of carbonyl (C=O) groups is 1. The smallest absolute Gasteiger partial charge is 0.253 e. The summed E-state index contributed by atoms with van der Waals surface area (Å²) < 4.78 is 3.62. The summed E-state index contributed by atoms with van der Waals surface area (Å²) in [6.45, 7) is 3.84. The molecule has 1 atom stereocenters. The largest absolute Gasteiger partial charge is 0.342 e. The third-order valence-electron chi connectivity index (χ3n) is 5.10. The highest BCUT2D eigenvalue weighted by Gasteiger charge is 2.22. The van der Waals surface area contributed by atoms with Crippen LogP contribution in [0.15, 0.2) is 47.9 Å². The fourth-order valence-electron chi connectivity index (χ4n) is 3.50. The second-order valence-electron chi connectivity index (χ2n) is 7.06. The summed E-state index contributed by atoms with van der Waals surface area (Å²) in [4.78, 5) is 26.5. The van der Waals surface area contributed by atoms with Crippen LogP contribution >= 0.6 is 11.8 Å². The van der Waals surface area contributed by atoms with Crippen LogP contribution in [0.3, 0.4) is 0 Å². The SMILES string of the molecule is CSc1nc2nc(C)c(CC(=O)N[C@@H](c3ccccc3)c3nccn3C)c(C)n2n1. The van der Waals surface area contributed by atoms with Crippen LogP contribution in [-0.4, -0.2) is 41.3 Å². The second kappa shape index (κ2) is 8.27. The fraction of sp³-hybridized carbons (Fsp3) is 0.286. The molecule has 1 amide bonds. The quantitative estimate of drug-likeness (QED) is 0.482. The molecule has 4 rings (SSSR count). The topological polar surface area (TPSA) is 90.0 Å². The number of hydrogen-bond donors (Lipinski definition) is 1. The lowest BCUT2D eigenvalue weighted by molar-refractivity contribution is -0.121. The molecule has 1 N–H and O–H groups in total. The van der Waals surface area contributed by atoms with Gasteiger partial charge in [0.2, 0.25) is 11.1 Å². The van der Waals surface area contributed by atoms with Gasteiger partial charge in [0.15, 0.2) is 0 Å². The maximum atomic E-state index is 13.1. The average molecular weight is 422 g/mol. The zero-order valence-electron chi connectivity index (χ0n) is 17.3. The summed E-state index contributed by atoms with van der Waals surface area (Å²) in [6, 6.07) is 9.50. The second-order valence-corrected chi connectivity index (χ2v) is 7.83. The average Bonchev–Trinajstić information content (AvgIpc) is 3.36. The lowest BCUT2D eigenvalue weighted by Gasteiger charge is -2.20. The number of carbonyl (C=O) groups excluding carboxylic acids is 1. The normalized spacial score (nSPS) is 12.3. The van der Waals surface area contributed by atoms with Crippen molar-refractivity contribution in [3.63, 3.8) is 0 Å². The Hall–Kier alpha value is -3.20. The number of imidazole rings is 1.